The first-order valence-electron chi connectivity index (χ1n) is 9.66. The van der Waals surface area contributed by atoms with Gasteiger partial charge in [0.05, 0.1) is 11.3 Å². The van der Waals surface area contributed by atoms with Crippen molar-refractivity contribution in [3.63, 3.8) is 0 Å². The van der Waals surface area contributed by atoms with Crippen molar-refractivity contribution < 1.29 is 4.79 Å². The number of hydrogen-bond acceptors (Lipinski definition) is 3. The SMILES string of the molecule is CC(C)CN1CCN(C(=O)c2ccc3nc(-c4ccccc4)cn3c2)CC1. The van der Waals surface area contributed by atoms with E-state index in [0.717, 1.165) is 55.2 Å². The average molecular weight is 362 g/mol. The van der Waals surface area contributed by atoms with Gasteiger partial charge in [0, 0.05) is 50.7 Å². The largest absolute Gasteiger partial charge is 0.336 e. The zero-order valence-corrected chi connectivity index (χ0v) is 16.0. The van der Waals surface area contributed by atoms with Gasteiger partial charge in [0.25, 0.3) is 5.91 Å². The summed E-state index contributed by atoms with van der Waals surface area (Å²) in [6, 6.07) is 13.9. The lowest BCUT2D eigenvalue weighted by molar-refractivity contribution is 0.0623. The van der Waals surface area contributed by atoms with Crippen molar-refractivity contribution >= 4 is 11.6 Å². The van der Waals surface area contributed by atoms with Gasteiger partial charge in [0.15, 0.2) is 0 Å². The molecule has 1 aliphatic rings. The van der Waals surface area contributed by atoms with Crippen molar-refractivity contribution in [1.82, 2.24) is 19.2 Å². The average Bonchev–Trinajstić information content (AvgIpc) is 3.11. The van der Waals surface area contributed by atoms with Crippen LogP contribution in [0.1, 0.15) is 24.2 Å². The summed E-state index contributed by atoms with van der Waals surface area (Å²) in [6.45, 7) is 9.07. The zero-order valence-electron chi connectivity index (χ0n) is 16.0. The van der Waals surface area contributed by atoms with Crippen LogP contribution in [0.25, 0.3) is 16.9 Å². The number of rotatable bonds is 4. The summed E-state index contributed by atoms with van der Waals surface area (Å²) in [4.78, 5) is 22.0. The van der Waals surface area contributed by atoms with Gasteiger partial charge in [-0.05, 0) is 18.1 Å². The molecule has 2 aromatic heterocycles. The third-order valence-corrected chi connectivity index (χ3v) is 5.05. The topological polar surface area (TPSA) is 40.8 Å². The van der Waals surface area contributed by atoms with E-state index in [9.17, 15) is 4.79 Å². The Bertz CT molecular complexity index is 924. The minimum absolute atomic E-state index is 0.107. The number of amides is 1. The van der Waals surface area contributed by atoms with Gasteiger partial charge in [-0.2, -0.15) is 0 Å². The third-order valence-electron chi connectivity index (χ3n) is 5.05. The number of hydrogen-bond donors (Lipinski definition) is 0. The maximum atomic E-state index is 12.9. The molecule has 0 spiro atoms. The number of aromatic nitrogens is 2. The molecule has 3 heterocycles. The predicted molar refractivity (Wildman–Crippen MR) is 108 cm³/mol. The Kier molecular flexibility index (Phi) is 4.94. The van der Waals surface area contributed by atoms with Crippen molar-refractivity contribution in [2.45, 2.75) is 13.8 Å². The molecule has 1 aliphatic heterocycles. The van der Waals surface area contributed by atoms with Crippen molar-refractivity contribution in [3.8, 4) is 11.3 Å². The van der Waals surface area contributed by atoms with Crippen molar-refractivity contribution in [2.24, 2.45) is 5.92 Å². The maximum Gasteiger partial charge on any atom is 0.255 e. The molecule has 140 valence electrons. The fraction of sp³-hybridized carbons (Fsp3) is 0.364. The van der Waals surface area contributed by atoms with Gasteiger partial charge in [-0.15, -0.1) is 0 Å². The quantitative estimate of drug-likeness (QED) is 0.714. The molecule has 0 aliphatic carbocycles. The van der Waals surface area contributed by atoms with Gasteiger partial charge in [-0.3, -0.25) is 9.69 Å². The van der Waals surface area contributed by atoms with Crippen LogP contribution < -0.4 is 0 Å². The molecular weight excluding hydrogens is 336 g/mol. The van der Waals surface area contributed by atoms with Gasteiger partial charge in [-0.1, -0.05) is 44.2 Å². The Balaban J connectivity index is 1.50. The van der Waals surface area contributed by atoms with Gasteiger partial charge in [0.2, 0.25) is 0 Å². The Labute approximate surface area is 160 Å². The predicted octanol–water partition coefficient (Wildman–Crippen LogP) is 3.42. The summed E-state index contributed by atoms with van der Waals surface area (Å²) in [5.41, 5.74) is 3.57. The van der Waals surface area contributed by atoms with Crippen LogP contribution in [0.15, 0.2) is 54.9 Å². The van der Waals surface area contributed by atoms with E-state index >= 15 is 0 Å². The second-order valence-electron chi connectivity index (χ2n) is 7.66. The molecule has 1 saturated heterocycles. The lowest BCUT2D eigenvalue weighted by atomic mass is 10.1. The summed E-state index contributed by atoms with van der Waals surface area (Å²) in [6.07, 6.45) is 3.89. The van der Waals surface area contributed by atoms with E-state index in [1.54, 1.807) is 0 Å². The molecule has 5 heteroatoms. The molecule has 5 nitrogen and oxygen atoms in total. The van der Waals surface area contributed by atoms with Crippen LogP contribution >= 0.6 is 0 Å². The summed E-state index contributed by atoms with van der Waals surface area (Å²) in [7, 11) is 0. The number of carbonyl (C=O) groups is 1. The van der Waals surface area contributed by atoms with E-state index < -0.39 is 0 Å². The Morgan fingerprint density at radius 3 is 2.44 bits per heavy atom. The number of nitrogens with zero attached hydrogens (tertiary/aromatic N) is 4. The molecule has 4 rings (SSSR count). The van der Waals surface area contributed by atoms with Gasteiger partial charge < -0.3 is 9.30 Å². The van der Waals surface area contributed by atoms with Crippen molar-refractivity contribution in [3.05, 3.63) is 60.4 Å². The number of fused-ring (bicyclic) bond motifs is 1. The van der Waals surface area contributed by atoms with Gasteiger partial charge >= 0.3 is 0 Å². The smallest absolute Gasteiger partial charge is 0.255 e. The standard InChI is InChI=1S/C22H26N4O/c1-17(2)14-24-10-12-25(13-11-24)22(27)19-8-9-21-23-20(16-26(21)15-19)18-6-4-3-5-7-18/h3-9,15-17H,10-14H2,1-2H3. The summed E-state index contributed by atoms with van der Waals surface area (Å²) in [5, 5.41) is 0. The highest BCUT2D eigenvalue weighted by molar-refractivity contribution is 5.94. The number of pyridine rings is 1. The Morgan fingerprint density at radius 1 is 1.00 bits per heavy atom. The number of benzene rings is 1. The second-order valence-corrected chi connectivity index (χ2v) is 7.66. The molecule has 0 unspecified atom stereocenters. The van der Waals surface area contributed by atoms with Crippen LogP contribution in [-0.4, -0.2) is 57.8 Å². The highest BCUT2D eigenvalue weighted by atomic mass is 16.2. The van der Waals surface area contributed by atoms with E-state index in [1.165, 1.54) is 0 Å². The molecule has 0 N–H and O–H groups in total. The minimum Gasteiger partial charge on any atom is -0.336 e. The zero-order chi connectivity index (χ0) is 18.8. The number of piperazine rings is 1. The summed E-state index contributed by atoms with van der Waals surface area (Å²) < 4.78 is 1.95. The lowest BCUT2D eigenvalue weighted by Crippen LogP contribution is -2.49. The fourth-order valence-electron chi connectivity index (χ4n) is 3.70. The molecule has 0 bridgehead atoms. The fourth-order valence-corrected chi connectivity index (χ4v) is 3.70. The second kappa shape index (κ2) is 7.53. The molecule has 27 heavy (non-hydrogen) atoms. The minimum atomic E-state index is 0.107. The summed E-state index contributed by atoms with van der Waals surface area (Å²) >= 11 is 0. The number of carbonyl (C=O) groups excluding carboxylic acids is 1. The third kappa shape index (κ3) is 3.88. The van der Waals surface area contributed by atoms with Crippen LogP contribution in [-0.2, 0) is 0 Å². The molecule has 1 amide bonds. The monoisotopic (exact) mass is 362 g/mol. The van der Waals surface area contributed by atoms with Crippen molar-refractivity contribution in [2.75, 3.05) is 32.7 Å². The number of imidazole rings is 1. The Morgan fingerprint density at radius 2 is 1.74 bits per heavy atom. The molecule has 0 saturated carbocycles. The van der Waals surface area contributed by atoms with Crippen LogP contribution in [0.3, 0.4) is 0 Å². The van der Waals surface area contributed by atoms with Crippen LogP contribution in [0, 0.1) is 5.92 Å². The molecule has 1 aromatic carbocycles. The van der Waals surface area contributed by atoms with E-state index in [0.29, 0.717) is 5.92 Å². The van der Waals surface area contributed by atoms with Gasteiger partial charge in [0.1, 0.15) is 5.65 Å². The molecule has 3 aromatic rings. The van der Waals surface area contributed by atoms with Crippen LogP contribution in [0.5, 0.6) is 0 Å². The molecule has 0 atom stereocenters. The Hall–Kier alpha value is -2.66. The summed E-state index contributed by atoms with van der Waals surface area (Å²) in [5.74, 6) is 0.769. The van der Waals surface area contributed by atoms with E-state index in [2.05, 4.69) is 23.7 Å². The van der Waals surface area contributed by atoms with E-state index in [-0.39, 0.29) is 5.91 Å². The molecule has 0 radical (unpaired) electrons. The molecule has 1 fully saturated rings. The van der Waals surface area contributed by atoms with E-state index in [1.807, 2.05) is 64.2 Å². The van der Waals surface area contributed by atoms with E-state index in [4.69, 9.17) is 0 Å². The lowest BCUT2D eigenvalue weighted by Gasteiger charge is -2.35. The maximum absolute atomic E-state index is 12.9. The first kappa shape index (κ1) is 17.7. The first-order chi connectivity index (χ1) is 13.1. The van der Waals surface area contributed by atoms with Gasteiger partial charge in [-0.25, -0.2) is 4.98 Å². The first-order valence-corrected chi connectivity index (χ1v) is 9.66. The van der Waals surface area contributed by atoms with Crippen LogP contribution in [0.2, 0.25) is 0 Å². The highest BCUT2D eigenvalue weighted by Crippen LogP contribution is 2.19. The van der Waals surface area contributed by atoms with Crippen molar-refractivity contribution in [1.29, 1.82) is 0 Å². The molecular formula is C22H26N4O. The van der Waals surface area contributed by atoms with Crippen LogP contribution in [0.4, 0.5) is 0 Å². The highest BCUT2D eigenvalue weighted by Gasteiger charge is 2.22. The normalized spacial score (nSPS) is 15.6.